The first-order valence-electron chi connectivity index (χ1n) is 10.9. The Bertz CT molecular complexity index is 1040. The topological polar surface area (TPSA) is 92.5 Å². The number of ether oxygens (including phenoxy) is 2. The molecule has 0 bridgehead atoms. The Morgan fingerprint density at radius 2 is 1.91 bits per heavy atom. The number of furan rings is 1. The molecule has 0 saturated heterocycles. The van der Waals surface area contributed by atoms with E-state index in [1.807, 2.05) is 13.8 Å². The summed E-state index contributed by atoms with van der Waals surface area (Å²) in [6.07, 6.45) is 4.32. The fourth-order valence-electron chi connectivity index (χ4n) is 3.93. The number of carbonyl (C=O) groups is 2. The van der Waals surface area contributed by atoms with Crippen LogP contribution in [0.15, 0.2) is 58.4 Å². The Kier molecular flexibility index (Phi) is 7.95. The summed E-state index contributed by atoms with van der Waals surface area (Å²) in [5.41, 5.74) is 0.661. The maximum absolute atomic E-state index is 13.2. The highest BCUT2D eigenvalue weighted by Crippen LogP contribution is 2.40. The summed E-state index contributed by atoms with van der Waals surface area (Å²) >= 11 is 0. The van der Waals surface area contributed by atoms with Gasteiger partial charge in [-0.25, -0.2) is 0 Å². The monoisotopic (exact) mass is 454 g/mol. The largest absolute Gasteiger partial charge is 0.503 e. The van der Waals surface area contributed by atoms with E-state index in [1.54, 1.807) is 30.3 Å². The van der Waals surface area contributed by atoms with Crippen LogP contribution >= 0.6 is 0 Å². The zero-order chi connectivity index (χ0) is 24.0. The second-order valence-corrected chi connectivity index (χ2v) is 7.52. The number of rotatable bonds is 11. The molecule has 0 saturated carbocycles. The fourth-order valence-corrected chi connectivity index (χ4v) is 3.93. The smallest absolute Gasteiger partial charge is 0.290 e. The summed E-state index contributed by atoms with van der Waals surface area (Å²) in [7, 11) is 3.05. The number of carbonyl (C=O) groups excluding carboxylic acids is 2. The van der Waals surface area contributed by atoms with Crippen molar-refractivity contribution in [1.29, 1.82) is 0 Å². The molecule has 3 rings (SSSR count). The predicted molar refractivity (Wildman–Crippen MR) is 124 cm³/mol. The van der Waals surface area contributed by atoms with Crippen LogP contribution in [0.1, 0.15) is 31.2 Å². The second kappa shape index (κ2) is 10.9. The molecule has 1 aliphatic rings. The lowest BCUT2D eigenvalue weighted by Crippen LogP contribution is -2.38. The van der Waals surface area contributed by atoms with Crippen LogP contribution in [0.5, 0.6) is 11.5 Å². The van der Waals surface area contributed by atoms with Gasteiger partial charge < -0.3 is 28.8 Å². The first-order valence-corrected chi connectivity index (χ1v) is 10.9. The molecule has 1 aromatic heterocycles. The minimum absolute atomic E-state index is 0.0228. The highest BCUT2D eigenvalue weighted by molar-refractivity contribution is 6.14. The highest BCUT2D eigenvalue weighted by Gasteiger charge is 2.43. The van der Waals surface area contributed by atoms with Gasteiger partial charge >= 0.3 is 0 Å². The van der Waals surface area contributed by atoms with Crippen molar-refractivity contribution in [3.8, 4) is 11.5 Å². The maximum Gasteiger partial charge on any atom is 0.290 e. The number of likely N-dealkylation sites (N-methyl/N-ethyl adjacent to an activating group) is 1. The highest BCUT2D eigenvalue weighted by atomic mass is 16.5. The Morgan fingerprint density at radius 3 is 2.52 bits per heavy atom. The van der Waals surface area contributed by atoms with Gasteiger partial charge in [-0.05, 0) is 55.1 Å². The molecule has 0 aliphatic carbocycles. The predicted octanol–water partition coefficient (Wildman–Crippen LogP) is 3.62. The van der Waals surface area contributed by atoms with E-state index < -0.39 is 23.5 Å². The molecule has 1 unspecified atom stereocenters. The van der Waals surface area contributed by atoms with Gasteiger partial charge in [-0.3, -0.25) is 9.59 Å². The van der Waals surface area contributed by atoms with Gasteiger partial charge in [0.05, 0.1) is 32.1 Å². The van der Waals surface area contributed by atoms with Crippen molar-refractivity contribution in [3.05, 3.63) is 65.3 Å². The average molecular weight is 455 g/mol. The SMILES string of the molecule is CCN(CC)CCN1C(=O)C(O)=C(C(=O)/C=C/c2ccco2)C1c1ccc(OC)c(OC)c1. The lowest BCUT2D eigenvalue weighted by molar-refractivity contribution is -0.129. The third-order valence-electron chi connectivity index (χ3n) is 5.79. The summed E-state index contributed by atoms with van der Waals surface area (Å²) in [4.78, 5) is 29.9. The number of nitrogens with zero attached hydrogens (tertiary/aromatic N) is 2. The molecule has 1 N–H and O–H groups in total. The van der Waals surface area contributed by atoms with Crippen LogP contribution in [0.25, 0.3) is 6.08 Å². The summed E-state index contributed by atoms with van der Waals surface area (Å²) in [5.74, 6) is -0.0918. The third-order valence-corrected chi connectivity index (χ3v) is 5.79. The number of methoxy groups -OCH3 is 2. The van der Waals surface area contributed by atoms with Gasteiger partial charge in [0.1, 0.15) is 5.76 Å². The van der Waals surface area contributed by atoms with Gasteiger partial charge in [-0.15, -0.1) is 0 Å². The van der Waals surface area contributed by atoms with Crippen LogP contribution in [0.2, 0.25) is 0 Å². The van der Waals surface area contributed by atoms with Crippen molar-refractivity contribution in [2.75, 3.05) is 40.4 Å². The van der Waals surface area contributed by atoms with Crippen molar-refractivity contribution < 1.29 is 28.6 Å². The Labute approximate surface area is 193 Å². The molecular weight excluding hydrogens is 424 g/mol. The van der Waals surface area contributed by atoms with E-state index >= 15 is 0 Å². The van der Waals surface area contributed by atoms with Gasteiger partial charge in [0.25, 0.3) is 5.91 Å². The molecule has 8 nitrogen and oxygen atoms in total. The molecule has 0 spiro atoms. The van der Waals surface area contributed by atoms with Gasteiger partial charge in [-0.1, -0.05) is 19.9 Å². The van der Waals surface area contributed by atoms with E-state index in [0.717, 1.165) is 13.1 Å². The number of aliphatic hydroxyl groups is 1. The molecule has 1 aliphatic heterocycles. The van der Waals surface area contributed by atoms with Gasteiger partial charge in [-0.2, -0.15) is 0 Å². The number of aliphatic hydroxyl groups excluding tert-OH is 1. The summed E-state index contributed by atoms with van der Waals surface area (Å²) in [6.45, 7) is 6.71. The molecule has 176 valence electrons. The first kappa shape index (κ1) is 24.1. The standard InChI is InChI=1S/C25H30N2O6/c1-5-26(6-2)13-14-27-23(17-9-12-20(31-3)21(16-17)32-4)22(24(29)25(27)30)19(28)11-10-18-8-7-15-33-18/h7-12,15-16,23,29H,5-6,13-14H2,1-4H3/b11-10+. The van der Waals surface area contributed by atoms with Crippen molar-refractivity contribution >= 4 is 17.8 Å². The van der Waals surface area contributed by atoms with E-state index in [4.69, 9.17) is 13.9 Å². The van der Waals surface area contributed by atoms with Crippen LogP contribution in [0.4, 0.5) is 0 Å². The summed E-state index contributed by atoms with van der Waals surface area (Å²) in [6, 6.07) is 7.87. The zero-order valence-corrected chi connectivity index (χ0v) is 19.4. The molecule has 2 aromatic rings. The number of ketones is 1. The van der Waals surface area contributed by atoms with Gasteiger partial charge in [0.2, 0.25) is 0 Å². The number of benzene rings is 1. The molecular formula is C25H30N2O6. The molecule has 0 radical (unpaired) electrons. The maximum atomic E-state index is 13.2. The molecule has 1 amide bonds. The van der Waals surface area contributed by atoms with Gasteiger partial charge in [0.15, 0.2) is 23.0 Å². The molecule has 8 heteroatoms. The van der Waals surface area contributed by atoms with Crippen LogP contribution in [0, 0.1) is 0 Å². The second-order valence-electron chi connectivity index (χ2n) is 7.52. The molecule has 1 atom stereocenters. The van der Waals surface area contributed by atoms with Crippen molar-refractivity contribution in [3.63, 3.8) is 0 Å². The number of hydrogen-bond acceptors (Lipinski definition) is 7. The Hall–Kier alpha value is -3.52. The summed E-state index contributed by atoms with van der Waals surface area (Å²) in [5, 5.41) is 10.7. The van der Waals surface area contributed by atoms with Crippen LogP contribution < -0.4 is 9.47 Å². The number of hydrogen-bond donors (Lipinski definition) is 1. The number of allylic oxidation sites excluding steroid dienone is 1. The summed E-state index contributed by atoms with van der Waals surface area (Å²) < 4.78 is 16.0. The van der Waals surface area contributed by atoms with E-state index in [2.05, 4.69) is 4.90 Å². The number of amides is 1. The van der Waals surface area contributed by atoms with Gasteiger partial charge in [0, 0.05) is 13.1 Å². The van der Waals surface area contributed by atoms with Crippen LogP contribution in [-0.2, 0) is 9.59 Å². The van der Waals surface area contributed by atoms with E-state index in [9.17, 15) is 14.7 Å². The average Bonchev–Trinajstić information content (AvgIpc) is 3.44. The van der Waals surface area contributed by atoms with Crippen LogP contribution in [-0.4, -0.2) is 67.0 Å². The molecule has 1 aromatic carbocycles. The van der Waals surface area contributed by atoms with Crippen molar-refractivity contribution in [2.45, 2.75) is 19.9 Å². The minimum Gasteiger partial charge on any atom is -0.503 e. The van der Waals surface area contributed by atoms with E-state index in [-0.39, 0.29) is 5.57 Å². The lowest BCUT2D eigenvalue weighted by atomic mass is 9.95. The Balaban J connectivity index is 2.01. The first-order chi connectivity index (χ1) is 15.9. The molecule has 2 heterocycles. The Morgan fingerprint density at radius 1 is 1.18 bits per heavy atom. The van der Waals surface area contributed by atoms with Crippen molar-refractivity contribution in [1.82, 2.24) is 9.80 Å². The van der Waals surface area contributed by atoms with E-state index in [1.165, 1.54) is 37.5 Å². The normalized spacial score (nSPS) is 16.3. The van der Waals surface area contributed by atoms with E-state index in [0.29, 0.717) is 35.9 Å². The lowest BCUT2D eigenvalue weighted by Gasteiger charge is -2.29. The zero-order valence-electron chi connectivity index (χ0n) is 19.4. The third kappa shape index (κ3) is 5.12. The fraction of sp³-hybridized carbons (Fsp3) is 0.360. The van der Waals surface area contributed by atoms with Crippen molar-refractivity contribution in [2.24, 2.45) is 0 Å². The molecule has 0 fully saturated rings. The minimum atomic E-state index is -0.762. The molecule has 33 heavy (non-hydrogen) atoms. The van der Waals surface area contributed by atoms with Crippen LogP contribution in [0.3, 0.4) is 0 Å². The quantitative estimate of drug-likeness (QED) is 0.519.